The maximum absolute atomic E-state index is 12.0. The summed E-state index contributed by atoms with van der Waals surface area (Å²) in [5.74, 6) is 0.490. The molecule has 2 rings (SSSR count). The Bertz CT molecular complexity index is 542. The summed E-state index contributed by atoms with van der Waals surface area (Å²) in [4.78, 5) is 14.0. The second-order valence-electron chi connectivity index (χ2n) is 4.32. The standard InChI is InChI=1S/C13H16N4O/c1-9-8-14-16-12(9)15-13(18)10-4-6-11(7-5-10)17(2)3/h4-8H,1-3H3,(H2,14,15,16,18). The van der Waals surface area contributed by atoms with Crippen LogP contribution in [0.25, 0.3) is 0 Å². The maximum atomic E-state index is 12.0. The van der Waals surface area contributed by atoms with Gasteiger partial charge in [0.2, 0.25) is 0 Å². The van der Waals surface area contributed by atoms with Gasteiger partial charge in [-0.05, 0) is 31.2 Å². The summed E-state index contributed by atoms with van der Waals surface area (Å²) >= 11 is 0. The van der Waals surface area contributed by atoms with Crippen molar-refractivity contribution in [3.8, 4) is 0 Å². The molecular weight excluding hydrogens is 228 g/mol. The van der Waals surface area contributed by atoms with Gasteiger partial charge in [-0.1, -0.05) is 0 Å². The lowest BCUT2D eigenvalue weighted by Gasteiger charge is -2.12. The zero-order valence-corrected chi connectivity index (χ0v) is 10.7. The fourth-order valence-electron chi connectivity index (χ4n) is 1.57. The minimum Gasteiger partial charge on any atom is -0.378 e. The number of amides is 1. The van der Waals surface area contributed by atoms with E-state index < -0.39 is 0 Å². The van der Waals surface area contributed by atoms with E-state index in [9.17, 15) is 4.79 Å². The van der Waals surface area contributed by atoms with E-state index in [0.717, 1.165) is 11.3 Å². The van der Waals surface area contributed by atoms with Crippen LogP contribution < -0.4 is 10.2 Å². The molecule has 0 aliphatic carbocycles. The van der Waals surface area contributed by atoms with Crippen LogP contribution in [0.1, 0.15) is 15.9 Å². The Morgan fingerprint density at radius 1 is 1.28 bits per heavy atom. The molecule has 2 aromatic rings. The quantitative estimate of drug-likeness (QED) is 0.868. The van der Waals surface area contributed by atoms with Crippen LogP contribution in [0.15, 0.2) is 30.5 Å². The number of benzene rings is 1. The number of hydrogen-bond acceptors (Lipinski definition) is 3. The maximum Gasteiger partial charge on any atom is 0.256 e. The van der Waals surface area contributed by atoms with Crippen LogP contribution in [0.5, 0.6) is 0 Å². The van der Waals surface area contributed by atoms with Crippen LogP contribution in [-0.2, 0) is 0 Å². The Kier molecular flexibility index (Phi) is 3.32. The second-order valence-corrected chi connectivity index (χ2v) is 4.32. The topological polar surface area (TPSA) is 61.0 Å². The molecule has 18 heavy (non-hydrogen) atoms. The predicted molar refractivity (Wildman–Crippen MR) is 72.0 cm³/mol. The van der Waals surface area contributed by atoms with Crippen LogP contribution in [0.2, 0.25) is 0 Å². The van der Waals surface area contributed by atoms with Crippen LogP contribution in [-0.4, -0.2) is 30.2 Å². The Labute approximate surface area is 106 Å². The summed E-state index contributed by atoms with van der Waals surface area (Å²) in [6.45, 7) is 1.88. The molecule has 0 bridgehead atoms. The van der Waals surface area contributed by atoms with E-state index in [1.54, 1.807) is 18.3 Å². The average Bonchev–Trinajstić information content (AvgIpc) is 2.75. The number of aryl methyl sites for hydroxylation is 1. The number of carbonyl (C=O) groups is 1. The SMILES string of the molecule is Cc1cn[nH]c1NC(=O)c1ccc(N(C)C)cc1. The van der Waals surface area contributed by atoms with Crippen molar-refractivity contribution < 1.29 is 4.79 Å². The normalized spacial score (nSPS) is 10.2. The fraction of sp³-hybridized carbons (Fsp3) is 0.231. The van der Waals surface area contributed by atoms with Gasteiger partial charge in [0.25, 0.3) is 5.91 Å². The summed E-state index contributed by atoms with van der Waals surface area (Å²) in [5, 5.41) is 9.39. The smallest absolute Gasteiger partial charge is 0.256 e. The Balaban J connectivity index is 2.12. The van der Waals surface area contributed by atoms with E-state index in [1.165, 1.54) is 0 Å². The van der Waals surface area contributed by atoms with Gasteiger partial charge in [0.05, 0.1) is 6.20 Å². The van der Waals surface area contributed by atoms with Gasteiger partial charge in [0.15, 0.2) is 0 Å². The van der Waals surface area contributed by atoms with Gasteiger partial charge in [0.1, 0.15) is 5.82 Å². The van der Waals surface area contributed by atoms with Gasteiger partial charge in [-0.3, -0.25) is 9.89 Å². The number of hydrogen-bond donors (Lipinski definition) is 2. The lowest BCUT2D eigenvalue weighted by atomic mass is 10.2. The van der Waals surface area contributed by atoms with Crippen molar-refractivity contribution in [3.63, 3.8) is 0 Å². The van der Waals surface area contributed by atoms with Gasteiger partial charge < -0.3 is 10.2 Å². The lowest BCUT2D eigenvalue weighted by molar-refractivity contribution is 0.102. The number of nitrogens with zero attached hydrogens (tertiary/aromatic N) is 2. The molecular formula is C13H16N4O. The third kappa shape index (κ3) is 2.51. The first-order chi connectivity index (χ1) is 8.58. The van der Waals surface area contributed by atoms with Gasteiger partial charge >= 0.3 is 0 Å². The zero-order chi connectivity index (χ0) is 13.1. The average molecular weight is 244 g/mol. The molecule has 0 saturated heterocycles. The van der Waals surface area contributed by atoms with E-state index >= 15 is 0 Å². The molecule has 0 unspecified atom stereocenters. The second kappa shape index (κ2) is 4.91. The molecule has 0 aliphatic rings. The van der Waals surface area contributed by atoms with Crippen LogP contribution in [0.3, 0.4) is 0 Å². The highest BCUT2D eigenvalue weighted by atomic mass is 16.1. The van der Waals surface area contributed by atoms with Gasteiger partial charge in [-0.15, -0.1) is 0 Å². The van der Waals surface area contributed by atoms with Gasteiger partial charge in [0, 0.05) is 30.9 Å². The zero-order valence-electron chi connectivity index (χ0n) is 10.7. The Morgan fingerprint density at radius 2 is 1.94 bits per heavy atom. The molecule has 0 atom stereocenters. The molecule has 2 N–H and O–H groups in total. The largest absolute Gasteiger partial charge is 0.378 e. The number of anilines is 2. The van der Waals surface area contributed by atoms with Crippen molar-refractivity contribution in [3.05, 3.63) is 41.6 Å². The van der Waals surface area contributed by atoms with E-state index in [2.05, 4.69) is 15.5 Å². The monoisotopic (exact) mass is 244 g/mol. The summed E-state index contributed by atoms with van der Waals surface area (Å²) in [7, 11) is 3.92. The molecule has 5 heteroatoms. The molecule has 1 heterocycles. The van der Waals surface area contributed by atoms with Crippen LogP contribution in [0, 0.1) is 6.92 Å². The Morgan fingerprint density at radius 3 is 2.44 bits per heavy atom. The molecule has 0 saturated carbocycles. The van der Waals surface area contributed by atoms with E-state index in [4.69, 9.17) is 0 Å². The van der Waals surface area contributed by atoms with Crippen molar-refractivity contribution >= 4 is 17.4 Å². The highest BCUT2D eigenvalue weighted by Gasteiger charge is 2.08. The number of aromatic nitrogens is 2. The van der Waals surface area contributed by atoms with Gasteiger partial charge in [-0.25, -0.2) is 0 Å². The highest BCUT2D eigenvalue weighted by molar-refractivity contribution is 6.04. The van der Waals surface area contributed by atoms with Crippen LogP contribution >= 0.6 is 0 Å². The third-order valence-corrected chi connectivity index (χ3v) is 2.71. The number of H-pyrrole nitrogens is 1. The molecule has 1 amide bonds. The summed E-state index contributed by atoms with van der Waals surface area (Å²) < 4.78 is 0. The number of rotatable bonds is 3. The first kappa shape index (κ1) is 12.2. The molecule has 5 nitrogen and oxygen atoms in total. The molecule has 0 fully saturated rings. The lowest BCUT2D eigenvalue weighted by Crippen LogP contribution is -2.14. The van der Waals surface area contributed by atoms with Crippen molar-refractivity contribution in [2.24, 2.45) is 0 Å². The van der Waals surface area contributed by atoms with Crippen molar-refractivity contribution in [1.82, 2.24) is 10.2 Å². The van der Waals surface area contributed by atoms with Crippen molar-refractivity contribution in [2.75, 3.05) is 24.3 Å². The molecule has 1 aromatic heterocycles. The fourth-order valence-corrected chi connectivity index (χ4v) is 1.57. The van der Waals surface area contributed by atoms with Gasteiger partial charge in [-0.2, -0.15) is 5.10 Å². The van der Waals surface area contributed by atoms with E-state index in [1.807, 2.05) is 38.1 Å². The number of aromatic amines is 1. The highest BCUT2D eigenvalue weighted by Crippen LogP contribution is 2.14. The molecule has 0 radical (unpaired) electrons. The Hall–Kier alpha value is -2.30. The van der Waals surface area contributed by atoms with E-state index in [0.29, 0.717) is 11.4 Å². The van der Waals surface area contributed by atoms with E-state index in [-0.39, 0.29) is 5.91 Å². The van der Waals surface area contributed by atoms with Crippen molar-refractivity contribution in [2.45, 2.75) is 6.92 Å². The third-order valence-electron chi connectivity index (χ3n) is 2.71. The summed E-state index contributed by atoms with van der Waals surface area (Å²) in [6, 6.07) is 7.43. The number of nitrogens with one attached hydrogen (secondary N) is 2. The molecule has 0 spiro atoms. The molecule has 94 valence electrons. The first-order valence-electron chi connectivity index (χ1n) is 5.66. The summed E-state index contributed by atoms with van der Waals surface area (Å²) in [6.07, 6.45) is 1.67. The molecule has 1 aromatic carbocycles. The minimum atomic E-state index is -0.146. The summed E-state index contributed by atoms with van der Waals surface area (Å²) in [5.41, 5.74) is 2.59. The number of carbonyl (C=O) groups excluding carboxylic acids is 1. The first-order valence-corrected chi connectivity index (χ1v) is 5.66. The predicted octanol–water partition coefficient (Wildman–Crippen LogP) is 2.04. The minimum absolute atomic E-state index is 0.146. The molecule has 0 aliphatic heterocycles. The van der Waals surface area contributed by atoms with Crippen LogP contribution in [0.4, 0.5) is 11.5 Å². The van der Waals surface area contributed by atoms with Crippen molar-refractivity contribution in [1.29, 1.82) is 0 Å².